The van der Waals surface area contributed by atoms with Crippen LogP contribution < -0.4 is 5.32 Å². The van der Waals surface area contributed by atoms with Crippen molar-refractivity contribution in [2.75, 3.05) is 11.1 Å². The maximum Gasteiger partial charge on any atom is 0.234 e. The highest BCUT2D eigenvalue weighted by molar-refractivity contribution is 7.99. The number of nitrogens with zero attached hydrogens (tertiary/aromatic N) is 5. The van der Waals surface area contributed by atoms with Crippen molar-refractivity contribution in [2.24, 2.45) is 17.3 Å². The second-order valence-corrected chi connectivity index (χ2v) is 8.11. The quantitative estimate of drug-likeness (QED) is 0.258. The third-order valence-electron chi connectivity index (χ3n) is 4.47. The van der Waals surface area contributed by atoms with Crippen molar-refractivity contribution in [3.63, 3.8) is 0 Å². The van der Waals surface area contributed by atoms with E-state index in [4.69, 9.17) is 11.6 Å². The Bertz CT molecular complexity index is 1240. The van der Waals surface area contributed by atoms with Gasteiger partial charge < -0.3 is 9.88 Å². The number of rotatable bonds is 7. The number of carbonyl (C=O) groups excluding carboxylic acids is 1. The molecule has 0 aliphatic carbocycles. The summed E-state index contributed by atoms with van der Waals surface area (Å²) in [5, 5.41) is 20.9. The van der Waals surface area contributed by atoms with Crippen molar-refractivity contribution >= 4 is 46.3 Å². The third-order valence-corrected chi connectivity index (χ3v) is 5.82. The fraction of sp³-hybridized carbons (Fsp3) is 0.0870. The Hall–Kier alpha value is -3.49. The van der Waals surface area contributed by atoms with Crippen LogP contribution >= 0.6 is 23.4 Å². The van der Waals surface area contributed by atoms with Crippen molar-refractivity contribution in [3.05, 3.63) is 83.9 Å². The monoisotopic (exact) mass is 462 g/mol. The number of hydrogen-bond acceptors (Lipinski definition) is 6. The summed E-state index contributed by atoms with van der Waals surface area (Å²) in [4.78, 5) is 12.4. The molecule has 1 amide bonds. The van der Waals surface area contributed by atoms with Gasteiger partial charge in [-0.25, -0.2) is 0 Å². The maximum atomic E-state index is 12.4. The lowest BCUT2D eigenvalue weighted by molar-refractivity contribution is -0.113. The van der Waals surface area contributed by atoms with Gasteiger partial charge in [-0.05, 0) is 48.5 Å². The Kier molecular flexibility index (Phi) is 6.94. The van der Waals surface area contributed by atoms with Gasteiger partial charge in [0.15, 0.2) is 11.0 Å². The molecular weight excluding hydrogens is 444 g/mol. The van der Waals surface area contributed by atoms with Gasteiger partial charge in [0.25, 0.3) is 0 Å². The zero-order valence-corrected chi connectivity index (χ0v) is 18.7. The van der Waals surface area contributed by atoms with Gasteiger partial charge in [0.2, 0.25) is 5.91 Å². The standard InChI is InChI=1S/C23H19ClN6OS/c1-30-22(19-9-5-6-10-20(19)24)28-29-23(30)32-15-21(31)25-16-11-13-18(14-12-16)27-26-17-7-3-2-4-8-17/h2-14H,15H2,1H3,(H,25,31). The molecule has 0 aliphatic heterocycles. The Morgan fingerprint density at radius 2 is 1.59 bits per heavy atom. The van der Waals surface area contributed by atoms with Gasteiger partial charge in [-0.2, -0.15) is 10.2 Å². The van der Waals surface area contributed by atoms with Gasteiger partial charge in [0.05, 0.1) is 22.2 Å². The molecule has 1 N–H and O–H groups in total. The molecule has 0 bridgehead atoms. The Balaban J connectivity index is 1.33. The van der Waals surface area contributed by atoms with E-state index in [0.29, 0.717) is 27.4 Å². The molecule has 4 aromatic rings. The molecular formula is C23H19ClN6OS. The smallest absolute Gasteiger partial charge is 0.234 e. The number of halogens is 1. The van der Waals surface area contributed by atoms with E-state index in [1.54, 1.807) is 30.3 Å². The lowest BCUT2D eigenvalue weighted by atomic mass is 10.2. The average Bonchev–Trinajstić information content (AvgIpc) is 3.18. The summed E-state index contributed by atoms with van der Waals surface area (Å²) in [5.41, 5.74) is 2.96. The number of amides is 1. The minimum atomic E-state index is -0.143. The van der Waals surface area contributed by atoms with E-state index in [0.717, 1.165) is 11.3 Å². The van der Waals surface area contributed by atoms with E-state index in [1.165, 1.54) is 11.8 Å². The van der Waals surface area contributed by atoms with Gasteiger partial charge in [0, 0.05) is 18.3 Å². The van der Waals surface area contributed by atoms with Gasteiger partial charge >= 0.3 is 0 Å². The summed E-state index contributed by atoms with van der Waals surface area (Å²) in [7, 11) is 1.85. The summed E-state index contributed by atoms with van der Waals surface area (Å²) in [6, 6.07) is 24.1. The molecule has 1 aromatic heterocycles. The number of anilines is 1. The Morgan fingerprint density at radius 1 is 0.938 bits per heavy atom. The SMILES string of the molecule is Cn1c(SCC(=O)Nc2ccc(N=Nc3ccccc3)cc2)nnc1-c1ccccc1Cl. The van der Waals surface area contributed by atoms with Crippen molar-refractivity contribution in [1.29, 1.82) is 0 Å². The van der Waals surface area contributed by atoms with Gasteiger partial charge in [-0.3, -0.25) is 4.79 Å². The number of azo groups is 1. The molecule has 0 saturated carbocycles. The first-order chi connectivity index (χ1) is 15.6. The third kappa shape index (κ3) is 5.40. The Labute approximate surface area is 194 Å². The van der Waals surface area contributed by atoms with Crippen LogP contribution in [0.4, 0.5) is 17.1 Å². The lowest BCUT2D eigenvalue weighted by Gasteiger charge is -2.06. The zero-order valence-electron chi connectivity index (χ0n) is 17.1. The molecule has 0 fully saturated rings. The number of thioether (sulfide) groups is 1. The summed E-state index contributed by atoms with van der Waals surface area (Å²) in [5.74, 6) is 0.707. The number of aromatic nitrogens is 3. The maximum absolute atomic E-state index is 12.4. The van der Waals surface area contributed by atoms with Crippen molar-refractivity contribution in [3.8, 4) is 11.4 Å². The highest BCUT2D eigenvalue weighted by Crippen LogP contribution is 2.28. The predicted molar refractivity (Wildman–Crippen MR) is 128 cm³/mol. The number of hydrogen-bond donors (Lipinski definition) is 1. The fourth-order valence-electron chi connectivity index (χ4n) is 2.87. The second kappa shape index (κ2) is 10.2. The van der Waals surface area contributed by atoms with E-state index in [-0.39, 0.29) is 11.7 Å². The number of carbonyl (C=O) groups is 1. The summed E-state index contributed by atoms with van der Waals surface area (Å²) < 4.78 is 1.83. The summed E-state index contributed by atoms with van der Waals surface area (Å²) >= 11 is 7.56. The number of benzene rings is 3. The molecule has 0 saturated heterocycles. The first-order valence-corrected chi connectivity index (χ1v) is 11.1. The van der Waals surface area contributed by atoms with Crippen LogP contribution in [0.1, 0.15) is 0 Å². The molecule has 0 aliphatic rings. The van der Waals surface area contributed by atoms with Crippen molar-refractivity contribution in [2.45, 2.75) is 5.16 Å². The van der Waals surface area contributed by atoms with Gasteiger partial charge in [0.1, 0.15) is 0 Å². The molecule has 3 aromatic carbocycles. The molecule has 0 radical (unpaired) electrons. The normalized spacial score (nSPS) is 11.1. The zero-order chi connectivity index (χ0) is 22.3. The van der Waals surface area contributed by atoms with Gasteiger partial charge in [-0.1, -0.05) is 53.7 Å². The topological polar surface area (TPSA) is 84.5 Å². The summed E-state index contributed by atoms with van der Waals surface area (Å²) in [6.45, 7) is 0. The minimum Gasteiger partial charge on any atom is -0.325 e. The predicted octanol–water partition coefficient (Wildman–Crippen LogP) is 6.28. The van der Waals surface area contributed by atoms with Gasteiger partial charge in [-0.15, -0.1) is 10.2 Å². The Morgan fingerprint density at radius 3 is 2.31 bits per heavy atom. The molecule has 9 heteroatoms. The van der Waals surface area contributed by atoms with Crippen LogP contribution in [0.15, 0.2) is 94.2 Å². The van der Waals surface area contributed by atoms with E-state index >= 15 is 0 Å². The highest BCUT2D eigenvalue weighted by atomic mass is 35.5. The molecule has 7 nitrogen and oxygen atoms in total. The largest absolute Gasteiger partial charge is 0.325 e. The molecule has 160 valence electrons. The summed E-state index contributed by atoms with van der Waals surface area (Å²) in [6.07, 6.45) is 0. The fourth-order valence-corrected chi connectivity index (χ4v) is 3.80. The van der Waals surface area contributed by atoms with Crippen molar-refractivity contribution in [1.82, 2.24) is 14.8 Å². The van der Waals surface area contributed by atoms with Crippen LogP contribution in [0.3, 0.4) is 0 Å². The van der Waals surface area contributed by atoms with Crippen LogP contribution in [-0.4, -0.2) is 26.4 Å². The molecule has 0 spiro atoms. The van der Waals surface area contributed by atoms with E-state index in [2.05, 4.69) is 25.7 Å². The first-order valence-electron chi connectivity index (χ1n) is 9.74. The molecule has 1 heterocycles. The van der Waals surface area contributed by atoms with E-state index < -0.39 is 0 Å². The lowest BCUT2D eigenvalue weighted by Crippen LogP contribution is -2.14. The first kappa shape index (κ1) is 21.7. The van der Waals surface area contributed by atoms with E-state index in [1.807, 2.05) is 60.1 Å². The van der Waals surface area contributed by atoms with Crippen LogP contribution in [0, 0.1) is 0 Å². The van der Waals surface area contributed by atoms with Crippen LogP contribution in [0.25, 0.3) is 11.4 Å². The molecule has 0 unspecified atom stereocenters. The molecule has 32 heavy (non-hydrogen) atoms. The van der Waals surface area contributed by atoms with Crippen LogP contribution in [-0.2, 0) is 11.8 Å². The van der Waals surface area contributed by atoms with Crippen LogP contribution in [0.5, 0.6) is 0 Å². The molecule has 4 rings (SSSR count). The van der Waals surface area contributed by atoms with Crippen molar-refractivity contribution < 1.29 is 4.79 Å². The van der Waals surface area contributed by atoms with Crippen LogP contribution in [0.2, 0.25) is 5.02 Å². The minimum absolute atomic E-state index is 0.143. The van der Waals surface area contributed by atoms with E-state index in [9.17, 15) is 4.79 Å². The highest BCUT2D eigenvalue weighted by Gasteiger charge is 2.15. The number of nitrogens with one attached hydrogen (secondary N) is 1. The second-order valence-electron chi connectivity index (χ2n) is 6.76. The average molecular weight is 463 g/mol. The molecule has 0 atom stereocenters.